The molecule has 0 saturated heterocycles. The molecule has 2 heterocycles. The van der Waals surface area contributed by atoms with Crippen molar-refractivity contribution in [3.63, 3.8) is 0 Å². The van der Waals surface area contributed by atoms with Crippen LogP contribution in [0.5, 0.6) is 0 Å². The highest BCUT2D eigenvalue weighted by atomic mass is 16.4. The van der Waals surface area contributed by atoms with Crippen LogP contribution in [0.1, 0.15) is 30.6 Å². The first-order valence-corrected chi connectivity index (χ1v) is 5.82. The van der Waals surface area contributed by atoms with Crippen molar-refractivity contribution < 1.29 is 14.7 Å². The molecule has 2 N–H and O–H groups in total. The van der Waals surface area contributed by atoms with Crippen molar-refractivity contribution in [1.29, 1.82) is 0 Å². The lowest BCUT2D eigenvalue weighted by molar-refractivity contribution is -0.143. The summed E-state index contributed by atoms with van der Waals surface area (Å²) in [7, 11) is 0. The molecule has 0 bridgehead atoms. The van der Waals surface area contributed by atoms with Gasteiger partial charge in [-0.3, -0.25) is 4.79 Å². The number of carboxylic acid groups (broad SMARTS) is 1. The van der Waals surface area contributed by atoms with E-state index in [1.807, 2.05) is 0 Å². The van der Waals surface area contributed by atoms with E-state index in [1.165, 1.54) is 17.6 Å². The van der Waals surface area contributed by atoms with Crippen molar-refractivity contribution in [1.82, 2.24) is 19.9 Å². The Morgan fingerprint density at radius 1 is 1.53 bits per heavy atom. The first-order valence-electron chi connectivity index (χ1n) is 5.82. The van der Waals surface area contributed by atoms with E-state index in [-0.39, 0.29) is 12.0 Å². The minimum atomic E-state index is -1.31. The molecule has 100 valence electrons. The second-order valence-electron chi connectivity index (χ2n) is 4.39. The molecule has 2 aromatic heterocycles. The maximum atomic E-state index is 12.1. The van der Waals surface area contributed by atoms with E-state index in [0.29, 0.717) is 5.65 Å². The van der Waals surface area contributed by atoms with E-state index < -0.39 is 17.4 Å². The van der Waals surface area contributed by atoms with Crippen molar-refractivity contribution in [2.45, 2.75) is 25.8 Å². The van der Waals surface area contributed by atoms with Crippen molar-refractivity contribution in [3.8, 4) is 0 Å². The number of fused-ring (bicyclic) bond motifs is 1. The molecule has 0 aliphatic rings. The Morgan fingerprint density at radius 3 is 2.89 bits per heavy atom. The van der Waals surface area contributed by atoms with Crippen LogP contribution < -0.4 is 5.32 Å². The van der Waals surface area contributed by atoms with Crippen molar-refractivity contribution in [3.05, 3.63) is 30.2 Å². The van der Waals surface area contributed by atoms with Crippen molar-refractivity contribution in [2.75, 3.05) is 0 Å². The van der Waals surface area contributed by atoms with E-state index in [4.69, 9.17) is 5.11 Å². The predicted octanol–water partition coefficient (Wildman–Crippen LogP) is 0.712. The number of aromatic nitrogens is 3. The van der Waals surface area contributed by atoms with Crippen LogP contribution in [0, 0.1) is 0 Å². The number of carboxylic acids is 1. The molecule has 2 aromatic rings. The highest BCUT2D eigenvalue weighted by Crippen LogP contribution is 2.13. The highest BCUT2D eigenvalue weighted by Gasteiger charge is 2.33. The first kappa shape index (κ1) is 13.0. The van der Waals surface area contributed by atoms with Gasteiger partial charge in [0.15, 0.2) is 5.65 Å². The van der Waals surface area contributed by atoms with Crippen LogP contribution in [0.3, 0.4) is 0 Å². The maximum absolute atomic E-state index is 12.1. The Morgan fingerprint density at radius 2 is 2.26 bits per heavy atom. The fourth-order valence-electron chi connectivity index (χ4n) is 1.60. The fraction of sp³-hybridized carbons (Fsp3) is 0.333. The average Bonchev–Trinajstić information content (AvgIpc) is 2.82. The van der Waals surface area contributed by atoms with Crippen molar-refractivity contribution in [2.24, 2.45) is 0 Å². The number of nitrogens with one attached hydrogen (secondary N) is 1. The van der Waals surface area contributed by atoms with Gasteiger partial charge in [-0.05, 0) is 19.4 Å². The topological polar surface area (TPSA) is 96.6 Å². The van der Waals surface area contributed by atoms with Crippen LogP contribution in [-0.4, -0.2) is 37.1 Å². The fourth-order valence-corrected chi connectivity index (χ4v) is 1.60. The summed E-state index contributed by atoms with van der Waals surface area (Å²) in [6.45, 7) is 3.16. The summed E-state index contributed by atoms with van der Waals surface area (Å²) < 4.78 is 1.46. The summed E-state index contributed by atoms with van der Waals surface area (Å²) in [5.74, 6) is -1.58. The van der Waals surface area contributed by atoms with E-state index in [9.17, 15) is 9.59 Å². The van der Waals surface area contributed by atoms with E-state index in [2.05, 4.69) is 15.4 Å². The lowest BCUT2D eigenvalue weighted by Gasteiger charge is -2.24. The Labute approximate surface area is 109 Å². The molecular formula is C12H14N4O3. The summed E-state index contributed by atoms with van der Waals surface area (Å²) in [4.78, 5) is 27.4. The van der Waals surface area contributed by atoms with Gasteiger partial charge in [0.2, 0.25) is 0 Å². The zero-order valence-corrected chi connectivity index (χ0v) is 10.6. The van der Waals surface area contributed by atoms with E-state index in [0.717, 1.165) is 0 Å². The SMILES string of the molecule is CCC(C)(NC(=O)c1cnn2cccnc12)C(=O)O. The number of amides is 1. The third kappa shape index (κ3) is 2.26. The number of carbonyl (C=O) groups excluding carboxylic acids is 1. The summed E-state index contributed by atoms with van der Waals surface area (Å²) in [6, 6.07) is 1.69. The molecule has 1 amide bonds. The molecule has 1 unspecified atom stereocenters. The highest BCUT2D eigenvalue weighted by molar-refractivity contribution is 6.02. The Kier molecular flexibility index (Phi) is 3.20. The average molecular weight is 262 g/mol. The van der Waals surface area contributed by atoms with Crippen LogP contribution in [0.4, 0.5) is 0 Å². The van der Waals surface area contributed by atoms with Gasteiger partial charge in [0.25, 0.3) is 5.91 Å². The molecule has 0 aliphatic carbocycles. The van der Waals surface area contributed by atoms with Gasteiger partial charge >= 0.3 is 5.97 Å². The zero-order chi connectivity index (χ0) is 14.0. The molecule has 0 saturated carbocycles. The second-order valence-corrected chi connectivity index (χ2v) is 4.39. The van der Waals surface area contributed by atoms with E-state index in [1.54, 1.807) is 25.4 Å². The molecule has 0 spiro atoms. The minimum absolute atomic E-state index is 0.251. The number of nitrogens with zero attached hydrogens (tertiary/aromatic N) is 3. The Hall–Kier alpha value is -2.44. The van der Waals surface area contributed by atoms with Crippen LogP contribution in [0.15, 0.2) is 24.7 Å². The number of carbonyl (C=O) groups is 2. The van der Waals surface area contributed by atoms with Gasteiger partial charge in [-0.1, -0.05) is 6.92 Å². The molecule has 0 aromatic carbocycles. The Bertz CT molecular complexity index is 637. The van der Waals surface area contributed by atoms with Gasteiger partial charge in [-0.15, -0.1) is 0 Å². The van der Waals surface area contributed by atoms with E-state index >= 15 is 0 Å². The van der Waals surface area contributed by atoms with Crippen LogP contribution >= 0.6 is 0 Å². The monoisotopic (exact) mass is 262 g/mol. The summed E-state index contributed by atoms with van der Waals surface area (Å²) in [5.41, 5.74) is -0.662. The number of rotatable bonds is 4. The molecule has 2 rings (SSSR count). The molecule has 0 fully saturated rings. The number of hydrogen-bond donors (Lipinski definition) is 2. The van der Waals surface area contributed by atoms with Gasteiger partial charge in [0.1, 0.15) is 11.1 Å². The van der Waals surface area contributed by atoms with Gasteiger partial charge in [0, 0.05) is 12.4 Å². The van der Waals surface area contributed by atoms with Crippen LogP contribution in [0.2, 0.25) is 0 Å². The normalized spacial score (nSPS) is 14.0. The smallest absolute Gasteiger partial charge is 0.329 e. The third-order valence-corrected chi connectivity index (χ3v) is 3.09. The summed E-state index contributed by atoms with van der Waals surface area (Å²) in [5, 5.41) is 15.6. The molecule has 0 aliphatic heterocycles. The molecule has 7 heteroatoms. The van der Waals surface area contributed by atoms with Gasteiger partial charge in [-0.25, -0.2) is 14.3 Å². The first-order chi connectivity index (χ1) is 8.98. The van der Waals surface area contributed by atoms with Gasteiger partial charge in [-0.2, -0.15) is 5.10 Å². The quantitative estimate of drug-likeness (QED) is 0.846. The largest absolute Gasteiger partial charge is 0.480 e. The van der Waals surface area contributed by atoms with Crippen molar-refractivity contribution >= 4 is 17.5 Å². The van der Waals surface area contributed by atoms with Gasteiger partial charge in [0.05, 0.1) is 6.20 Å². The lowest BCUT2D eigenvalue weighted by Crippen LogP contribution is -2.51. The number of hydrogen-bond acceptors (Lipinski definition) is 4. The summed E-state index contributed by atoms with van der Waals surface area (Å²) >= 11 is 0. The lowest BCUT2D eigenvalue weighted by atomic mass is 9.99. The molecule has 1 atom stereocenters. The second kappa shape index (κ2) is 4.68. The minimum Gasteiger partial charge on any atom is -0.480 e. The summed E-state index contributed by atoms with van der Waals surface area (Å²) in [6.07, 6.45) is 4.86. The predicted molar refractivity (Wildman–Crippen MR) is 66.8 cm³/mol. The van der Waals surface area contributed by atoms with Crippen LogP contribution in [0.25, 0.3) is 5.65 Å². The standard InChI is InChI=1S/C12H14N4O3/c1-3-12(2,11(18)19)15-10(17)8-7-14-16-6-4-5-13-9(8)16/h4-7H,3H2,1-2H3,(H,15,17)(H,18,19). The zero-order valence-electron chi connectivity index (χ0n) is 10.6. The third-order valence-electron chi connectivity index (χ3n) is 3.09. The van der Waals surface area contributed by atoms with Gasteiger partial charge < -0.3 is 10.4 Å². The van der Waals surface area contributed by atoms with Crippen LogP contribution in [-0.2, 0) is 4.79 Å². The number of aliphatic carboxylic acids is 1. The molecule has 0 radical (unpaired) electrons. The maximum Gasteiger partial charge on any atom is 0.329 e. The molecule has 7 nitrogen and oxygen atoms in total. The Balaban J connectivity index is 2.32. The molecule has 19 heavy (non-hydrogen) atoms. The molecular weight excluding hydrogens is 248 g/mol.